The number of ketones is 1. The Kier molecular flexibility index (Phi) is 4.54. The van der Waals surface area contributed by atoms with E-state index in [0.717, 1.165) is 11.3 Å². The van der Waals surface area contributed by atoms with Crippen molar-refractivity contribution in [2.75, 3.05) is 13.6 Å². The summed E-state index contributed by atoms with van der Waals surface area (Å²) in [4.78, 5) is 39.3. The summed E-state index contributed by atoms with van der Waals surface area (Å²) < 4.78 is 0. The van der Waals surface area contributed by atoms with E-state index in [0.29, 0.717) is 23.6 Å². The number of likely N-dealkylation sites (N-methyl/N-ethyl adjacent to an activating group) is 1. The second-order valence-electron chi connectivity index (χ2n) is 6.68. The van der Waals surface area contributed by atoms with Crippen LogP contribution in [0, 0.1) is 6.92 Å². The van der Waals surface area contributed by atoms with Crippen molar-refractivity contribution in [3.63, 3.8) is 0 Å². The molecule has 3 rings (SSSR count). The standard InChI is InChI=1S/C19H21N5O2/c1-12-9-22-15(10-21-12)16(25)8-13-5-4-6-14(7-13)19(2)18(26)24(3)11-17(20)23-19/h4-7,9-10H,8,11H2,1-3H3,(H2,20,23). The molecule has 0 radical (unpaired) electrons. The topological polar surface area (TPSA) is 102 Å². The highest BCUT2D eigenvalue weighted by molar-refractivity contribution is 5.98. The lowest BCUT2D eigenvalue weighted by Crippen LogP contribution is -2.51. The van der Waals surface area contributed by atoms with E-state index < -0.39 is 5.54 Å². The molecule has 0 saturated heterocycles. The van der Waals surface area contributed by atoms with Gasteiger partial charge in [-0.25, -0.2) is 9.98 Å². The molecule has 1 aromatic carbocycles. The maximum absolute atomic E-state index is 12.7. The lowest BCUT2D eigenvalue weighted by atomic mass is 9.88. The number of hydrogen-bond donors (Lipinski definition) is 1. The van der Waals surface area contributed by atoms with Crippen LogP contribution in [0.5, 0.6) is 0 Å². The number of amidine groups is 1. The molecule has 26 heavy (non-hydrogen) atoms. The molecule has 1 unspecified atom stereocenters. The van der Waals surface area contributed by atoms with Crippen LogP contribution in [0.3, 0.4) is 0 Å². The highest BCUT2D eigenvalue weighted by Crippen LogP contribution is 2.30. The van der Waals surface area contributed by atoms with Gasteiger partial charge in [-0.3, -0.25) is 14.6 Å². The molecule has 1 aliphatic rings. The van der Waals surface area contributed by atoms with Crippen molar-refractivity contribution in [2.24, 2.45) is 10.7 Å². The normalized spacial score (nSPS) is 20.0. The summed E-state index contributed by atoms with van der Waals surface area (Å²) in [6.45, 7) is 3.87. The van der Waals surface area contributed by atoms with E-state index in [1.807, 2.05) is 31.2 Å². The average Bonchev–Trinajstić information content (AvgIpc) is 2.60. The molecular formula is C19H21N5O2. The SMILES string of the molecule is Cc1cnc(C(=O)Cc2cccc(C3(C)N=C(N)CN(C)C3=O)c2)cn1. The van der Waals surface area contributed by atoms with Gasteiger partial charge in [-0.1, -0.05) is 24.3 Å². The molecule has 0 aliphatic carbocycles. The molecular weight excluding hydrogens is 330 g/mol. The lowest BCUT2D eigenvalue weighted by molar-refractivity contribution is -0.135. The van der Waals surface area contributed by atoms with Gasteiger partial charge < -0.3 is 10.6 Å². The summed E-state index contributed by atoms with van der Waals surface area (Å²) in [5, 5.41) is 0. The molecule has 1 amide bonds. The predicted molar refractivity (Wildman–Crippen MR) is 97.9 cm³/mol. The maximum atomic E-state index is 12.7. The number of carbonyl (C=O) groups excluding carboxylic acids is 2. The molecule has 0 bridgehead atoms. The van der Waals surface area contributed by atoms with E-state index in [1.165, 1.54) is 6.20 Å². The first-order valence-electron chi connectivity index (χ1n) is 8.30. The first kappa shape index (κ1) is 17.7. The number of aryl methyl sites for hydroxylation is 1. The van der Waals surface area contributed by atoms with E-state index in [2.05, 4.69) is 15.0 Å². The third-order valence-corrected chi connectivity index (χ3v) is 4.45. The second kappa shape index (κ2) is 6.67. The molecule has 1 aliphatic heterocycles. The first-order chi connectivity index (χ1) is 12.3. The molecule has 1 aromatic heterocycles. The van der Waals surface area contributed by atoms with Gasteiger partial charge in [0.15, 0.2) is 11.3 Å². The molecule has 134 valence electrons. The van der Waals surface area contributed by atoms with Crippen LogP contribution < -0.4 is 5.73 Å². The molecule has 0 saturated carbocycles. The Bertz CT molecular complexity index is 891. The van der Waals surface area contributed by atoms with Crippen LogP contribution >= 0.6 is 0 Å². The van der Waals surface area contributed by atoms with Gasteiger partial charge in [0.2, 0.25) is 0 Å². The Balaban J connectivity index is 1.89. The van der Waals surface area contributed by atoms with Gasteiger partial charge in [0.1, 0.15) is 11.5 Å². The number of aliphatic imine (C=N–C) groups is 1. The number of nitrogens with zero attached hydrogens (tertiary/aromatic N) is 4. The third-order valence-electron chi connectivity index (χ3n) is 4.45. The fourth-order valence-electron chi connectivity index (χ4n) is 3.04. The quantitative estimate of drug-likeness (QED) is 0.836. The van der Waals surface area contributed by atoms with Gasteiger partial charge in [-0.05, 0) is 25.0 Å². The van der Waals surface area contributed by atoms with E-state index in [4.69, 9.17) is 5.73 Å². The monoisotopic (exact) mass is 351 g/mol. The van der Waals surface area contributed by atoms with Gasteiger partial charge in [0, 0.05) is 19.7 Å². The van der Waals surface area contributed by atoms with Crippen molar-refractivity contribution < 1.29 is 9.59 Å². The lowest BCUT2D eigenvalue weighted by Gasteiger charge is -2.34. The number of Topliss-reactive ketones (excluding diaryl/α,β-unsaturated/α-hetero) is 1. The molecule has 0 spiro atoms. The fraction of sp³-hybridized carbons (Fsp3) is 0.316. The zero-order valence-electron chi connectivity index (χ0n) is 15.1. The van der Waals surface area contributed by atoms with Crippen LogP contribution in [-0.2, 0) is 16.8 Å². The van der Waals surface area contributed by atoms with Gasteiger partial charge >= 0.3 is 0 Å². The number of carbonyl (C=O) groups is 2. The Morgan fingerprint density at radius 1 is 1.31 bits per heavy atom. The average molecular weight is 351 g/mol. The van der Waals surface area contributed by atoms with Crippen LogP contribution in [0.1, 0.15) is 34.2 Å². The number of rotatable bonds is 4. The zero-order chi connectivity index (χ0) is 18.9. The molecule has 0 fully saturated rings. The van der Waals surface area contributed by atoms with Crippen molar-refractivity contribution in [3.05, 3.63) is 59.2 Å². The fourth-order valence-corrected chi connectivity index (χ4v) is 3.04. The summed E-state index contributed by atoms with van der Waals surface area (Å²) in [7, 11) is 1.70. The summed E-state index contributed by atoms with van der Waals surface area (Å²) >= 11 is 0. The van der Waals surface area contributed by atoms with Crippen molar-refractivity contribution >= 4 is 17.5 Å². The molecule has 1 atom stereocenters. The van der Waals surface area contributed by atoms with Crippen LogP contribution in [0.25, 0.3) is 0 Å². The van der Waals surface area contributed by atoms with Crippen molar-refractivity contribution in [1.82, 2.24) is 14.9 Å². The van der Waals surface area contributed by atoms with Crippen LogP contribution in [-0.4, -0.2) is 46.0 Å². The van der Waals surface area contributed by atoms with Gasteiger partial charge in [-0.15, -0.1) is 0 Å². The van der Waals surface area contributed by atoms with E-state index in [9.17, 15) is 9.59 Å². The predicted octanol–water partition coefficient (Wildman–Crippen LogP) is 1.25. The summed E-state index contributed by atoms with van der Waals surface area (Å²) in [6.07, 6.45) is 3.22. The Morgan fingerprint density at radius 3 is 2.77 bits per heavy atom. The van der Waals surface area contributed by atoms with Crippen molar-refractivity contribution in [2.45, 2.75) is 25.8 Å². The Labute approximate surface area is 152 Å². The molecule has 7 heteroatoms. The molecule has 2 heterocycles. The van der Waals surface area contributed by atoms with E-state index in [-0.39, 0.29) is 18.1 Å². The molecule has 2 N–H and O–H groups in total. The van der Waals surface area contributed by atoms with Crippen LogP contribution in [0.15, 0.2) is 41.7 Å². The number of benzene rings is 1. The van der Waals surface area contributed by atoms with Crippen LogP contribution in [0.2, 0.25) is 0 Å². The van der Waals surface area contributed by atoms with Gasteiger partial charge in [0.25, 0.3) is 5.91 Å². The minimum atomic E-state index is -1.08. The number of aromatic nitrogens is 2. The maximum Gasteiger partial charge on any atom is 0.255 e. The second-order valence-corrected chi connectivity index (χ2v) is 6.68. The van der Waals surface area contributed by atoms with Gasteiger partial charge in [-0.2, -0.15) is 0 Å². The van der Waals surface area contributed by atoms with Crippen molar-refractivity contribution in [3.8, 4) is 0 Å². The van der Waals surface area contributed by atoms with Crippen LogP contribution in [0.4, 0.5) is 0 Å². The minimum absolute atomic E-state index is 0.125. The largest absolute Gasteiger partial charge is 0.386 e. The summed E-state index contributed by atoms with van der Waals surface area (Å²) in [5.74, 6) is 0.153. The smallest absolute Gasteiger partial charge is 0.255 e. The number of hydrogen-bond acceptors (Lipinski definition) is 6. The first-order valence-corrected chi connectivity index (χ1v) is 8.30. The Morgan fingerprint density at radius 2 is 2.08 bits per heavy atom. The van der Waals surface area contributed by atoms with E-state index >= 15 is 0 Å². The summed E-state index contributed by atoms with van der Waals surface area (Å²) in [6, 6.07) is 7.31. The highest BCUT2D eigenvalue weighted by atomic mass is 16.2. The third kappa shape index (κ3) is 3.33. The van der Waals surface area contributed by atoms with Crippen molar-refractivity contribution in [1.29, 1.82) is 0 Å². The zero-order valence-corrected chi connectivity index (χ0v) is 15.1. The summed E-state index contributed by atoms with van der Waals surface area (Å²) in [5.41, 5.74) is 7.38. The van der Waals surface area contributed by atoms with E-state index in [1.54, 1.807) is 25.1 Å². The molecule has 7 nitrogen and oxygen atoms in total. The highest BCUT2D eigenvalue weighted by Gasteiger charge is 2.40. The number of nitrogens with two attached hydrogens (primary N) is 1. The minimum Gasteiger partial charge on any atom is -0.386 e. The Hall–Kier alpha value is -3.09. The molecule has 2 aromatic rings. The van der Waals surface area contributed by atoms with Gasteiger partial charge in [0.05, 0.1) is 18.4 Å². The number of amides is 1.